The fourth-order valence-corrected chi connectivity index (χ4v) is 2.76. The zero-order valence-electron chi connectivity index (χ0n) is 12.5. The standard InChI is InChI=1S/C15H19F3N2O3/c16-15(17,18)10-4-1-2-5-11(10)20-13(21)7-8-19-14(22)12-6-3-9-23-12/h3,6,9-11H,1-2,4-5,7-8H2,(H,19,22)(H,20,21). The van der Waals surface area contributed by atoms with E-state index in [2.05, 4.69) is 10.6 Å². The number of hydrogen-bond acceptors (Lipinski definition) is 3. The predicted octanol–water partition coefficient (Wildman–Crippen LogP) is 2.64. The number of furan rings is 1. The van der Waals surface area contributed by atoms with Crippen LogP contribution in [0, 0.1) is 5.92 Å². The van der Waals surface area contributed by atoms with Crippen LogP contribution in [0.1, 0.15) is 42.7 Å². The summed E-state index contributed by atoms with van der Waals surface area (Å²) in [6.07, 6.45) is -1.46. The molecular formula is C15H19F3N2O3. The molecule has 2 N–H and O–H groups in total. The van der Waals surface area contributed by atoms with Gasteiger partial charge < -0.3 is 15.1 Å². The van der Waals surface area contributed by atoms with Gasteiger partial charge in [0.25, 0.3) is 5.91 Å². The smallest absolute Gasteiger partial charge is 0.393 e. The Morgan fingerprint density at radius 1 is 1.26 bits per heavy atom. The van der Waals surface area contributed by atoms with Gasteiger partial charge in [0, 0.05) is 19.0 Å². The quantitative estimate of drug-likeness (QED) is 0.871. The summed E-state index contributed by atoms with van der Waals surface area (Å²) < 4.78 is 43.7. The van der Waals surface area contributed by atoms with Crippen molar-refractivity contribution in [3.8, 4) is 0 Å². The van der Waals surface area contributed by atoms with Gasteiger partial charge in [-0.1, -0.05) is 12.8 Å². The molecule has 1 aromatic heterocycles. The molecule has 0 aromatic carbocycles. The van der Waals surface area contributed by atoms with Crippen LogP contribution in [0.25, 0.3) is 0 Å². The molecule has 23 heavy (non-hydrogen) atoms. The summed E-state index contributed by atoms with van der Waals surface area (Å²) >= 11 is 0. The van der Waals surface area contributed by atoms with Gasteiger partial charge in [-0.05, 0) is 25.0 Å². The third-order valence-corrected chi connectivity index (χ3v) is 3.92. The summed E-state index contributed by atoms with van der Waals surface area (Å²) in [5.74, 6) is -2.33. The van der Waals surface area contributed by atoms with Crippen molar-refractivity contribution in [1.29, 1.82) is 0 Å². The summed E-state index contributed by atoms with van der Waals surface area (Å²) in [4.78, 5) is 23.4. The third-order valence-electron chi connectivity index (χ3n) is 3.92. The van der Waals surface area contributed by atoms with Crippen LogP contribution in [0.5, 0.6) is 0 Å². The molecule has 1 aliphatic rings. The zero-order valence-corrected chi connectivity index (χ0v) is 12.5. The van der Waals surface area contributed by atoms with Crippen LogP contribution in [0.15, 0.2) is 22.8 Å². The molecule has 1 saturated carbocycles. The SMILES string of the molecule is O=C(CCNC(=O)c1ccco1)NC1CCCCC1C(F)(F)F. The molecular weight excluding hydrogens is 313 g/mol. The molecule has 2 atom stereocenters. The minimum Gasteiger partial charge on any atom is -0.459 e. The molecule has 1 aliphatic carbocycles. The van der Waals surface area contributed by atoms with Gasteiger partial charge in [0.05, 0.1) is 12.2 Å². The lowest BCUT2D eigenvalue weighted by Gasteiger charge is -2.33. The number of rotatable bonds is 5. The monoisotopic (exact) mass is 332 g/mol. The van der Waals surface area contributed by atoms with E-state index in [9.17, 15) is 22.8 Å². The van der Waals surface area contributed by atoms with Gasteiger partial charge in [0.2, 0.25) is 5.91 Å². The predicted molar refractivity (Wildman–Crippen MR) is 75.6 cm³/mol. The second-order valence-electron chi connectivity index (χ2n) is 5.59. The summed E-state index contributed by atoms with van der Waals surface area (Å²) in [7, 11) is 0. The van der Waals surface area contributed by atoms with Gasteiger partial charge in [-0.25, -0.2) is 0 Å². The Morgan fingerprint density at radius 3 is 2.65 bits per heavy atom. The van der Waals surface area contributed by atoms with E-state index in [1.807, 2.05) is 0 Å². The van der Waals surface area contributed by atoms with E-state index in [-0.39, 0.29) is 25.1 Å². The van der Waals surface area contributed by atoms with E-state index < -0.39 is 30.0 Å². The molecule has 2 unspecified atom stereocenters. The number of nitrogens with one attached hydrogen (secondary N) is 2. The van der Waals surface area contributed by atoms with Gasteiger partial charge in [-0.15, -0.1) is 0 Å². The van der Waals surface area contributed by atoms with Crippen LogP contribution >= 0.6 is 0 Å². The Hall–Kier alpha value is -1.99. The molecule has 1 aromatic rings. The minimum atomic E-state index is -4.30. The van der Waals surface area contributed by atoms with Crippen LogP contribution < -0.4 is 10.6 Å². The first kappa shape index (κ1) is 17.4. The lowest BCUT2D eigenvalue weighted by Crippen LogP contribution is -2.48. The Bertz CT molecular complexity index is 529. The summed E-state index contributed by atoms with van der Waals surface area (Å²) in [5.41, 5.74) is 0. The maximum atomic E-state index is 12.9. The van der Waals surface area contributed by atoms with E-state index >= 15 is 0 Å². The van der Waals surface area contributed by atoms with Crippen LogP contribution in [-0.2, 0) is 4.79 Å². The van der Waals surface area contributed by atoms with Gasteiger partial charge >= 0.3 is 6.18 Å². The van der Waals surface area contributed by atoms with E-state index in [1.165, 1.54) is 12.3 Å². The minimum absolute atomic E-state index is 0.0365. The second kappa shape index (κ2) is 7.52. The third kappa shape index (κ3) is 5.01. The lowest BCUT2D eigenvalue weighted by atomic mass is 9.84. The van der Waals surface area contributed by atoms with Crippen molar-refractivity contribution < 1.29 is 27.2 Å². The Morgan fingerprint density at radius 2 is 2.00 bits per heavy atom. The van der Waals surface area contributed by atoms with Crippen molar-refractivity contribution in [2.75, 3.05) is 6.54 Å². The highest BCUT2D eigenvalue weighted by Crippen LogP contribution is 2.37. The summed E-state index contributed by atoms with van der Waals surface area (Å²) in [6, 6.07) is 2.16. The highest BCUT2D eigenvalue weighted by molar-refractivity contribution is 5.91. The van der Waals surface area contributed by atoms with E-state index in [0.717, 1.165) is 0 Å². The van der Waals surface area contributed by atoms with Crippen molar-refractivity contribution in [3.05, 3.63) is 24.2 Å². The highest BCUT2D eigenvalue weighted by atomic mass is 19.4. The first-order valence-electron chi connectivity index (χ1n) is 7.55. The number of amides is 2. The first-order valence-corrected chi connectivity index (χ1v) is 7.55. The first-order chi connectivity index (χ1) is 10.9. The molecule has 8 heteroatoms. The van der Waals surface area contributed by atoms with Crippen LogP contribution in [0.2, 0.25) is 0 Å². The summed E-state index contributed by atoms with van der Waals surface area (Å²) in [6.45, 7) is 0.0365. The number of carbonyl (C=O) groups is 2. The van der Waals surface area contributed by atoms with Gasteiger partial charge in [-0.2, -0.15) is 13.2 Å². The molecule has 0 saturated heterocycles. The van der Waals surface area contributed by atoms with Crippen molar-refractivity contribution in [3.63, 3.8) is 0 Å². The Balaban J connectivity index is 1.76. The van der Waals surface area contributed by atoms with E-state index in [1.54, 1.807) is 6.07 Å². The lowest BCUT2D eigenvalue weighted by molar-refractivity contribution is -0.189. The molecule has 128 valence electrons. The van der Waals surface area contributed by atoms with Crippen molar-refractivity contribution in [2.45, 2.75) is 44.3 Å². The number of hydrogen-bond donors (Lipinski definition) is 2. The summed E-state index contributed by atoms with van der Waals surface area (Å²) in [5, 5.41) is 4.93. The number of alkyl halides is 3. The largest absolute Gasteiger partial charge is 0.459 e. The zero-order chi connectivity index (χ0) is 16.9. The van der Waals surface area contributed by atoms with Gasteiger partial charge in [-0.3, -0.25) is 9.59 Å². The number of halogens is 3. The molecule has 0 aliphatic heterocycles. The van der Waals surface area contributed by atoms with Crippen LogP contribution in [0.3, 0.4) is 0 Å². The maximum absolute atomic E-state index is 12.9. The van der Waals surface area contributed by atoms with Crippen molar-refractivity contribution in [1.82, 2.24) is 10.6 Å². The molecule has 1 fully saturated rings. The fourth-order valence-electron chi connectivity index (χ4n) is 2.76. The van der Waals surface area contributed by atoms with Gasteiger partial charge in [0.1, 0.15) is 0 Å². The molecule has 0 radical (unpaired) electrons. The normalized spacial score (nSPS) is 21.7. The topological polar surface area (TPSA) is 71.3 Å². The molecule has 2 amide bonds. The van der Waals surface area contributed by atoms with Crippen molar-refractivity contribution in [2.24, 2.45) is 5.92 Å². The molecule has 0 spiro atoms. The highest BCUT2D eigenvalue weighted by Gasteiger charge is 2.45. The van der Waals surface area contributed by atoms with E-state index in [4.69, 9.17) is 4.42 Å². The molecule has 5 nitrogen and oxygen atoms in total. The second-order valence-corrected chi connectivity index (χ2v) is 5.59. The van der Waals surface area contributed by atoms with Crippen LogP contribution in [-0.4, -0.2) is 30.6 Å². The molecule has 2 rings (SSSR count). The average molecular weight is 332 g/mol. The van der Waals surface area contributed by atoms with Gasteiger partial charge in [0.15, 0.2) is 5.76 Å². The number of carbonyl (C=O) groups excluding carboxylic acids is 2. The Kier molecular flexibility index (Phi) is 5.68. The molecule has 0 bridgehead atoms. The molecule has 1 heterocycles. The van der Waals surface area contributed by atoms with Crippen LogP contribution in [0.4, 0.5) is 13.2 Å². The van der Waals surface area contributed by atoms with E-state index in [0.29, 0.717) is 19.3 Å². The fraction of sp³-hybridized carbons (Fsp3) is 0.600. The van der Waals surface area contributed by atoms with Crippen molar-refractivity contribution >= 4 is 11.8 Å². The maximum Gasteiger partial charge on any atom is 0.393 e. The average Bonchev–Trinajstić information content (AvgIpc) is 3.01. The Labute approximate surface area is 131 Å².